The molecular formula is C7H15ClMg. The fourth-order valence-corrected chi connectivity index (χ4v) is 2.66. The molecular weight excluding hydrogens is 144 g/mol. The second kappa shape index (κ2) is 7.17. The maximum Gasteiger partial charge on any atom is 0.501 e. The van der Waals surface area contributed by atoms with E-state index in [1.54, 1.807) is 0 Å². The average molecular weight is 159 g/mol. The van der Waals surface area contributed by atoms with Crippen molar-refractivity contribution in [2.45, 2.75) is 37.7 Å². The second-order valence-electron chi connectivity index (χ2n) is 2.73. The van der Waals surface area contributed by atoms with Crippen LogP contribution in [0, 0.1) is 5.92 Å². The minimum atomic E-state index is -0.189. The number of rotatable bonds is 5. The van der Waals surface area contributed by atoms with Crippen LogP contribution in [0.1, 0.15) is 33.1 Å². The molecule has 0 unspecified atom stereocenters. The highest BCUT2D eigenvalue weighted by Crippen LogP contribution is 2.11. The van der Waals surface area contributed by atoms with Gasteiger partial charge < -0.3 is 9.07 Å². The van der Waals surface area contributed by atoms with Crippen molar-refractivity contribution in [1.29, 1.82) is 0 Å². The molecule has 0 aliphatic rings. The maximum absolute atomic E-state index is 5.71. The van der Waals surface area contributed by atoms with Crippen LogP contribution >= 0.6 is 9.07 Å². The van der Waals surface area contributed by atoms with E-state index in [0.717, 1.165) is 5.92 Å². The highest BCUT2D eigenvalue weighted by molar-refractivity contribution is 6.93. The summed E-state index contributed by atoms with van der Waals surface area (Å²) in [4.78, 5) is 0. The number of hydrogen-bond acceptors (Lipinski definition) is 0. The molecule has 0 N–H and O–H groups in total. The van der Waals surface area contributed by atoms with Crippen LogP contribution in [0.5, 0.6) is 0 Å². The molecule has 0 bridgehead atoms. The molecule has 0 heterocycles. The van der Waals surface area contributed by atoms with Crippen LogP contribution in [-0.4, -0.2) is 19.3 Å². The molecule has 0 saturated heterocycles. The predicted octanol–water partition coefficient (Wildman–Crippen LogP) is 3.09. The van der Waals surface area contributed by atoms with Gasteiger partial charge in [0.05, 0.1) is 0 Å². The van der Waals surface area contributed by atoms with Crippen molar-refractivity contribution in [3.63, 3.8) is 0 Å². The van der Waals surface area contributed by atoms with Gasteiger partial charge in [-0.05, 0) is 0 Å². The quantitative estimate of drug-likeness (QED) is 0.540. The van der Waals surface area contributed by atoms with Crippen LogP contribution < -0.4 is 0 Å². The Morgan fingerprint density at radius 2 is 2.22 bits per heavy atom. The zero-order valence-electron chi connectivity index (χ0n) is 6.49. The standard InChI is InChI=1S/C7H15.ClH.Mg/c1-4-5-6-7(2)3;;/h7H,2,4-6H2,1,3H3;1H;/q;;+1/p-1/t7-;;/m0../s1. The third-order valence-electron chi connectivity index (χ3n) is 1.65. The summed E-state index contributed by atoms with van der Waals surface area (Å²) in [5, 5.41) is 0. The van der Waals surface area contributed by atoms with Crippen LogP contribution in [-0.2, 0) is 0 Å². The van der Waals surface area contributed by atoms with E-state index in [2.05, 4.69) is 13.8 Å². The molecule has 0 radical (unpaired) electrons. The van der Waals surface area contributed by atoms with E-state index in [1.165, 1.54) is 23.8 Å². The van der Waals surface area contributed by atoms with Gasteiger partial charge in [-0.2, -0.15) is 0 Å². The third kappa shape index (κ3) is 6.95. The van der Waals surface area contributed by atoms with Gasteiger partial charge in [-0.1, -0.05) is 39.0 Å². The van der Waals surface area contributed by atoms with Crippen molar-refractivity contribution < 1.29 is 0 Å². The van der Waals surface area contributed by atoms with Crippen LogP contribution in [0.25, 0.3) is 0 Å². The lowest BCUT2D eigenvalue weighted by atomic mass is 10.1. The molecule has 0 aromatic rings. The first kappa shape index (κ1) is 10.1. The molecule has 0 aliphatic carbocycles. The summed E-state index contributed by atoms with van der Waals surface area (Å²) in [5.41, 5.74) is 0. The molecule has 1 atom stereocenters. The fraction of sp³-hybridized carbons (Fsp3) is 1.00. The summed E-state index contributed by atoms with van der Waals surface area (Å²) >= 11 is -0.189. The topological polar surface area (TPSA) is 0 Å². The molecule has 2 heteroatoms. The molecule has 0 rings (SSSR count). The van der Waals surface area contributed by atoms with Crippen LogP contribution in [0.15, 0.2) is 0 Å². The summed E-state index contributed by atoms with van der Waals surface area (Å²) < 4.78 is 1.32. The van der Waals surface area contributed by atoms with Gasteiger partial charge in [0.15, 0.2) is 0 Å². The Kier molecular flexibility index (Phi) is 8.01. The molecule has 52 valence electrons. The maximum atomic E-state index is 5.71. The first-order valence-corrected chi connectivity index (χ1v) is 7.01. The molecule has 9 heavy (non-hydrogen) atoms. The molecule has 0 aromatic carbocycles. The second-order valence-corrected chi connectivity index (χ2v) is 4.81. The molecule has 0 saturated carbocycles. The molecule has 0 nitrogen and oxygen atoms in total. The zero-order valence-corrected chi connectivity index (χ0v) is 8.66. The number of unbranched alkanes of at least 4 members (excludes halogenated alkanes) is 1. The van der Waals surface area contributed by atoms with Crippen molar-refractivity contribution in [2.75, 3.05) is 0 Å². The van der Waals surface area contributed by atoms with E-state index in [4.69, 9.17) is 9.07 Å². The number of hydrogen-bond donors (Lipinski definition) is 0. The van der Waals surface area contributed by atoms with Gasteiger partial charge in [0.25, 0.3) is 0 Å². The smallest absolute Gasteiger partial charge is 0.346 e. The molecule has 0 aliphatic heterocycles. The molecule has 0 fully saturated rings. The van der Waals surface area contributed by atoms with Gasteiger partial charge in [0, 0.05) is 0 Å². The average Bonchev–Trinajstić information content (AvgIpc) is 1.85. The van der Waals surface area contributed by atoms with Gasteiger partial charge >= 0.3 is 19.3 Å². The third-order valence-corrected chi connectivity index (χ3v) is 3.51. The van der Waals surface area contributed by atoms with E-state index in [0.29, 0.717) is 0 Å². The van der Waals surface area contributed by atoms with Crippen LogP contribution in [0.3, 0.4) is 0 Å². The molecule has 0 amide bonds. The van der Waals surface area contributed by atoms with Crippen molar-refractivity contribution in [1.82, 2.24) is 0 Å². The molecule has 0 spiro atoms. The minimum absolute atomic E-state index is 0.189. The van der Waals surface area contributed by atoms with Crippen molar-refractivity contribution >= 4 is 28.3 Å². The van der Waals surface area contributed by atoms with Gasteiger partial charge in [0.2, 0.25) is 0 Å². The Balaban J connectivity index is 2.95. The van der Waals surface area contributed by atoms with Gasteiger partial charge in [0.1, 0.15) is 0 Å². The SMILES string of the molecule is CCCC[C@H](C)[CH2][Mg][Cl]. The lowest BCUT2D eigenvalue weighted by Crippen LogP contribution is -1.95. The summed E-state index contributed by atoms with van der Waals surface area (Å²) in [6.45, 7) is 4.55. The predicted molar refractivity (Wildman–Crippen MR) is 45.1 cm³/mol. The van der Waals surface area contributed by atoms with Crippen molar-refractivity contribution in [3.05, 3.63) is 0 Å². The largest absolute Gasteiger partial charge is 0.501 e. The van der Waals surface area contributed by atoms with E-state index >= 15 is 0 Å². The Morgan fingerprint density at radius 1 is 1.56 bits per heavy atom. The van der Waals surface area contributed by atoms with Crippen LogP contribution in [0.2, 0.25) is 4.55 Å². The van der Waals surface area contributed by atoms with Crippen molar-refractivity contribution in [2.24, 2.45) is 5.92 Å². The van der Waals surface area contributed by atoms with Crippen molar-refractivity contribution in [3.8, 4) is 0 Å². The van der Waals surface area contributed by atoms with Gasteiger partial charge in [-0.25, -0.2) is 0 Å². The summed E-state index contributed by atoms with van der Waals surface area (Å²) in [5.74, 6) is 0.897. The highest BCUT2D eigenvalue weighted by Gasteiger charge is 2.01. The summed E-state index contributed by atoms with van der Waals surface area (Å²) in [6, 6.07) is 0. The van der Waals surface area contributed by atoms with E-state index in [-0.39, 0.29) is 19.3 Å². The lowest BCUT2D eigenvalue weighted by Gasteiger charge is -2.06. The normalized spacial score (nSPS) is 12.8. The summed E-state index contributed by atoms with van der Waals surface area (Å²) in [6.07, 6.45) is 4.09. The zero-order chi connectivity index (χ0) is 7.11. The number of halogens is 1. The highest BCUT2D eigenvalue weighted by atomic mass is 35.5. The summed E-state index contributed by atoms with van der Waals surface area (Å²) in [7, 11) is 5.71. The van der Waals surface area contributed by atoms with E-state index in [9.17, 15) is 0 Å². The fourth-order valence-electron chi connectivity index (χ4n) is 0.883. The lowest BCUT2D eigenvalue weighted by molar-refractivity contribution is 0.549. The van der Waals surface area contributed by atoms with Gasteiger partial charge in [-0.3, -0.25) is 0 Å². The first-order chi connectivity index (χ1) is 4.31. The Hall–Kier alpha value is 1.06. The van der Waals surface area contributed by atoms with Gasteiger partial charge in [-0.15, -0.1) is 4.55 Å². The Labute approximate surface area is 71.9 Å². The van der Waals surface area contributed by atoms with E-state index in [1.807, 2.05) is 0 Å². The van der Waals surface area contributed by atoms with E-state index < -0.39 is 0 Å². The Morgan fingerprint density at radius 3 is 2.67 bits per heavy atom. The van der Waals surface area contributed by atoms with Crippen LogP contribution in [0.4, 0.5) is 0 Å². The minimum Gasteiger partial charge on any atom is -0.346 e. The monoisotopic (exact) mass is 158 g/mol. The first-order valence-electron chi connectivity index (χ1n) is 3.87. The molecule has 0 aromatic heterocycles. The Bertz CT molecular complexity index is 56.9.